The summed E-state index contributed by atoms with van der Waals surface area (Å²) in [5.41, 5.74) is 10.8. The van der Waals surface area contributed by atoms with Gasteiger partial charge in [-0.2, -0.15) is 0 Å². The fourth-order valence-corrected chi connectivity index (χ4v) is 0.702. The van der Waals surface area contributed by atoms with Crippen LogP contribution in [-0.2, 0) is 0 Å². The number of hydrogen-bond acceptors (Lipinski definition) is 2. The highest BCUT2D eigenvalue weighted by Crippen LogP contribution is 2.29. The Kier molecular flexibility index (Phi) is 3.14. The molecule has 2 nitrogen and oxygen atoms in total. The number of alkyl halides is 1. The van der Waals surface area contributed by atoms with Crippen LogP contribution in [-0.4, -0.2) is 17.0 Å². The SMILES string of the molecule is CC(C)(N)C(C)(Cl)CCN. The van der Waals surface area contributed by atoms with Crippen molar-refractivity contribution in [2.45, 2.75) is 37.6 Å². The molecule has 0 amide bonds. The van der Waals surface area contributed by atoms with Crippen LogP contribution in [0.2, 0.25) is 0 Å². The molecule has 4 N–H and O–H groups in total. The molecule has 0 bridgehead atoms. The fourth-order valence-electron chi connectivity index (χ4n) is 0.593. The molecule has 0 aromatic heterocycles. The van der Waals surface area contributed by atoms with E-state index in [2.05, 4.69) is 0 Å². The average Bonchev–Trinajstić information content (AvgIpc) is 1.61. The van der Waals surface area contributed by atoms with Gasteiger partial charge in [0.15, 0.2) is 0 Å². The van der Waals surface area contributed by atoms with Gasteiger partial charge in [0.25, 0.3) is 0 Å². The standard InChI is InChI=1S/C7H17ClN2/c1-6(2,10)7(3,8)4-5-9/h4-5,9-10H2,1-3H3. The average molecular weight is 165 g/mol. The van der Waals surface area contributed by atoms with Crippen LogP contribution < -0.4 is 11.5 Å². The van der Waals surface area contributed by atoms with Crippen LogP contribution in [0.4, 0.5) is 0 Å². The smallest absolute Gasteiger partial charge is 0.0604 e. The van der Waals surface area contributed by atoms with Gasteiger partial charge in [-0.15, -0.1) is 11.6 Å². The monoisotopic (exact) mass is 164 g/mol. The van der Waals surface area contributed by atoms with E-state index in [0.717, 1.165) is 6.42 Å². The predicted octanol–water partition coefficient (Wildman–Crippen LogP) is 1.07. The third kappa shape index (κ3) is 2.45. The van der Waals surface area contributed by atoms with E-state index in [1.54, 1.807) is 0 Å². The van der Waals surface area contributed by atoms with Crippen LogP contribution in [0.3, 0.4) is 0 Å². The van der Waals surface area contributed by atoms with Gasteiger partial charge in [0.1, 0.15) is 0 Å². The molecule has 62 valence electrons. The summed E-state index contributed by atoms with van der Waals surface area (Å²) in [5.74, 6) is 0. The Morgan fingerprint density at radius 3 is 1.80 bits per heavy atom. The van der Waals surface area contributed by atoms with E-state index in [1.165, 1.54) is 0 Å². The molecule has 0 saturated heterocycles. The minimum atomic E-state index is -0.387. The molecular formula is C7H17ClN2. The van der Waals surface area contributed by atoms with Crippen LogP contribution in [0.15, 0.2) is 0 Å². The van der Waals surface area contributed by atoms with E-state index in [0.29, 0.717) is 6.54 Å². The molecule has 0 rings (SSSR count). The second kappa shape index (κ2) is 3.07. The van der Waals surface area contributed by atoms with E-state index in [-0.39, 0.29) is 10.4 Å². The zero-order valence-electron chi connectivity index (χ0n) is 6.95. The van der Waals surface area contributed by atoms with Gasteiger partial charge in [-0.1, -0.05) is 0 Å². The molecule has 0 aliphatic heterocycles. The molecule has 0 radical (unpaired) electrons. The molecule has 0 fully saturated rings. The van der Waals surface area contributed by atoms with Crippen molar-refractivity contribution < 1.29 is 0 Å². The lowest BCUT2D eigenvalue weighted by atomic mass is 9.86. The summed E-state index contributed by atoms with van der Waals surface area (Å²) in [6.45, 7) is 6.33. The van der Waals surface area contributed by atoms with Crippen molar-refractivity contribution in [3.8, 4) is 0 Å². The van der Waals surface area contributed by atoms with Crippen molar-refractivity contribution in [2.75, 3.05) is 6.54 Å². The van der Waals surface area contributed by atoms with Crippen LogP contribution in [0, 0.1) is 0 Å². The van der Waals surface area contributed by atoms with Gasteiger partial charge in [0.05, 0.1) is 4.87 Å². The van der Waals surface area contributed by atoms with Gasteiger partial charge >= 0.3 is 0 Å². The van der Waals surface area contributed by atoms with Crippen molar-refractivity contribution in [2.24, 2.45) is 11.5 Å². The van der Waals surface area contributed by atoms with Gasteiger partial charge < -0.3 is 11.5 Å². The Hall–Kier alpha value is 0.210. The maximum atomic E-state index is 6.11. The first-order chi connectivity index (χ1) is 4.31. The normalized spacial score (nSPS) is 18.6. The summed E-state index contributed by atoms with van der Waals surface area (Å²) in [5, 5.41) is 0. The molecule has 10 heavy (non-hydrogen) atoms. The van der Waals surface area contributed by atoms with E-state index in [4.69, 9.17) is 23.1 Å². The molecule has 0 aliphatic carbocycles. The molecule has 0 heterocycles. The largest absolute Gasteiger partial charge is 0.330 e. The van der Waals surface area contributed by atoms with Crippen molar-refractivity contribution in [1.82, 2.24) is 0 Å². The maximum absolute atomic E-state index is 6.11. The Bertz CT molecular complexity index is 105. The van der Waals surface area contributed by atoms with Gasteiger partial charge in [-0.3, -0.25) is 0 Å². The third-order valence-electron chi connectivity index (χ3n) is 1.96. The van der Waals surface area contributed by atoms with Crippen molar-refractivity contribution in [1.29, 1.82) is 0 Å². The highest BCUT2D eigenvalue weighted by molar-refractivity contribution is 6.24. The minimum absolute atomic E-state index is 0.367. The predicted molar refractivity (Wildman–Crippen MR) is 46.2 cm³/mol. The zero-order chi connectivity index (χ0) is 8.41. The highest BCUT2D eigenvalue weighted by atomic mass is 35.5. The van der Waals surface area contributed by atoms with Crippen molar-refractivity contribution in [3.05, 3.63) is 0 Å². The quantitative estimate of drug-likeness (QED) is 0.614. The molecule has 3 heteroatoms. The molecule has 0 saturated carbocycles. The Morgan fingerprint density at radius 2 is 1.70 bits per heavy atom. The lowest BCUT2D eigenvalue weighted by molar-refractivity contribution is 0.362. The van der Waals surface area contributed by atoms with E-state index in [9.17, 15) is 0 Å². The molecule has 0 aliphatic rings. The van der Waals surface area contributed by atoms with E-state index < -0.39 is 0 Å². The maximum Gasteiger partial charge on any atom is 0.0604 e. The van der Waals surface area contributed by atoms with E-state index in [1.807, 2.05) is 20.8 Å². The molecule has 1 atom stereocenters. The lowest BCUT2D eigenvalue weighted by Gasteiger charge is -2.35. The van der Waals surface area contributed by atoms with Crippen LogP contribution in [0.5, 0.6) is 0 Å². The Morgan fingerprint density at radius 1 is 1.30 bits per heavy atom. The lowest BCUT2D eigenvalue weighted by Crippen LogP contribution is -2.51. The molecule has 1 unspecified atom stereocenters. The second-order valence-corrected chi connectivity index (χ2v) is 4.29. The molecule has 0 aromatic rings. The first-order valence-corrected chi connectivity index (χ1v) is 3.87. The summed E-state index contributed by atoms with van der Waals surface area (Å²) < 4.78 is 0. The van der Waals surface area contributed by atoms with Gasteiger partial charge in [-0.25, -0.2) is 0 Å². The van der Waals surface area contributed by atoms with E-state index >= 15 is 0 Å². The summed E-state index contributed by atoms with van der Waals surface area (Å²) in [4.78, 5) is -0.387. The number of halogens is 1. The molecular weight excluding hydrogens is 148 g/mol. The fraction of sp³-hybridized carbons (Fsp3) is 1.00. The van der Waals surface area contributed by atoms with Crippen LogP contribution in [0.1, 0.15) is 27.2 Å². The number of nitrogens with two attached hydrogens (primary N) is 2. The first-order valence-electron chi connectivity index (χ1n) is 3.49. The first kappa shape index (κ1) is 10.2. The summed E-state index contributed by atoms with van der Waals surface area (Å²) >= 11 is 6.11. The van der Waals surface area contributed by atoms with Crippen molar-refractivity contribution in [3.63, 3.8) is 0 Å². The Balaban J connectivity index is 4.10. The third-order valence-corrected chi connectivity index (χ3v) is 2.63. The molecule has 0 aromatic carbocycles. The van der Waals surface area contributed by atoms with Crippen LogP contribution in [0.25, 0.3) is 0 Å². The summed E-state index contributed by atoms with van der Waals surface area (Å²) in [7, 11) is 0. The minimum Gasteiger partial charge on any atom is -0.330 e. The van der Waals surface area contributed by atoms with Gasteiger partial charge in [-0.05, 0) is 33.7 Å². The van der Waals surface area contributed by atoms with Gasteiger partial charge in [0, 0.05) is 5.54 Å². The number of hydrogen-bond donors (Lipinski definition) is 2. The highest BCUT2D eigenvalue weighted by Gasteiger charge is 2.34. The topological polar surface area (TPSA) is 52.0 Å². The van der Waals surface area contributed by atoms with Crippen LogP contribution >= 0.6 is 11.6 Å². The van der Waals surface area contributed by atoms with Gasteiger partial charge in [0.2, 0.25) is 0 Å². The molecule has 0 spiro atoms. The summed E-state index contributed by atoms with van der Waals surface area (Å²) in [6.07, 6.45) is 0.748. The Labute approximate surface area is 67.9 Å². The zero-order valence-corrected chi connectivity index (χ0v) is 7.70. The summed E-state index contributed by atoms with van der Waals surface area (Å²) in [6, 6.07) is 0. The number of rotatable bonds is 3. The second-order valence-electron chi connectivity index (χ2n) is 3.46. The van der Waals surface area contributed by atoms with Crippen molar-refractivity contribution >= 4 is 11.6 Å².